The van der Waals surface area contributed by atoms with Crippen molar-refractivity contribution >= 4 is 27.4 Å². The number of amides is 1. The number of benzene rings is 2. The summed E-state index contributed by atoms with van der Waals surface area (Å²) in [4.78, 5) is 26.7. The van der Waals surface area contributed by atoms with Gasteiger partial charge in [0.15, 0.2) is 0 Å². The van der Waals surface area contributed by atoms with Gasteiger partial charge >= 0.3 is 0 Å². The molecule has 2 heterocycles. The second-order valence-electron chi connectivity index (χ2n) is 8.95. The zero-order valence-electron chi connectivity index (χ0n) is 17.5. The van der Waals surface area contributed by atoms with Gasteiger partial charge in [0.05, 0.1) is 16.1 Å². The first-order valence-electron chi connectivity index (χ1n) is 9.84. The van der Waals surface area contributed by atoms with Crippen LogP contribution in [0, 0.1) is 0 Å². The first-order chi connectivity index (χ1) is 14.0. The minimum atomic E-state index is -3.63. The summed E-state index contributed by atoms with van der Waals surface area (Å²) in [6.45, 7) is 6.88. The average molecular weight is 428 g/mol. The van der Waals surface area contributed by atoms with E-state index >= 15 is 0 Å². The van der Waals surface area contributed by atoms with E-state index in [1.54, 1.807) is 51.1 Å². The van der Waals surface area contributed by atoms with Gasteiger partial charge < -0.3 is 10.2 Å². The Labute approximate surface area is 176 Å². The Morgan fingerprint density at radius 1 is 1.03 bits per heavy atom. The molecule has 2 aromatic rings. The van der Waals surface area contributed by atoms with Gasteiger partial charge in [-0.15, -0.1) is 0 Å². The molecule has 2 N–H and O–H groups in total. The molecule has 0 fully saturated rings. The zero-order chi connectivity index (χ0) is 21.8. The molecule has 0 aliphatic carbocycles. The highest BCUT2D eigenvalue weighted by Gasteiger charge is 2.34. The molecule has 2 aromatic carbocycles. The van der Waals surface area contributed by atoms with Gasteiger partial charge in [0.25, 0.3) is 11.7 Å². The fourth-order valence-corrected chi connectivity index (χ4v) is 5.46. The summed E-state index contributed by atoms with van der Waals surface area (Å²) < 4.78 is 27.8. The number of hydrogen-bond acceptors (Lipinski definition) is 5. The van der Waals surface area contributed by atoms with Crippen molar-refractivity contribution in [2.45, 2.75) is 44.2 Å². The number of carbonyl (C=O) groups excluding carboxylic acids is 2. The van der Waals surface area contributed by atoms with Crippen molar-refractivity contribution in [2.24, 2.45) is 0 Å². The van der Waals surface area contributed by atoms with Crippen LogP contribution >= 0.6 is 0 Å². The molecule has 2 aliphatic heterocycles. The number of nitrogens with zero attached hydrogens (tertiary/aromatic N) is 1. The number of likely N-dealkylation sites (N-methyl/N-ethyl adjacent to an activating group) is 1. The third kappa shape index (κ3) is 3.66. The fourth-order valence-electron chi connectivity index (χ4n) is 4.04. The van der Waals surface area contributed by atoms with Gasteiger partial charge in [0.1, 0.15) is 0 Å². The summed E-state index contributed by atoms with van der Waals surface area (Å²) in [5.74, 6) is -1.14. The van der Waals surface area contributed by atoms with Gasteiger partial charge in [-0.3, -0.25) is 9.59 Å². The Morgan fingerprint density at radius 2 is 1.70 bits per heavy atom. The average Bonchev–Trinajstić information content (AvgIpc) is 2.94. The number of ketones is 1. The van der Waals surface area contributed by atoms with Gasteiger partial charge in [-0.1, -0.05) is 12.1 Å². The molecule has 2 aliphatic rings. The highest BCUT2D eigenvalue weighted by molar-refractivity contribution is 7.89. The van der Waals surface area contributed by atoms with Crippen molar-refractivity contribution in [3.8, 4) is 11.1 Å². The monoisotopic (exact) mass is 427 g/mol. The second kappa shape index (κ2) is 7.01. The number of anilines is 1. The van der Waals surface area contributed by atoms with Crippen LogP contribution in [0.15, 0.2) is 35.2 Å². The summed E-state index contributed by atoms with van der Waals surface area (Å²) in [5.41, 5.74) is 4.16. The van der Waals surface area contributed by atoms with Gasteiger partial charge in [0, 0.05) is 18.6 Å². The predicted molar refractivity (Wildman–Crippen MR) is 115 cm³/mol. The van der Waals surface area contributed by atoms with E-state index in [1.807, 2.05) is 7.05 Å². The van der Waals surface area contributed by atoms with Crippen LogP contribution in [0.3, 0.4) is 0 Å². The summed E-state index contributed by atoms with van der Waals surface area (Å²) >= 11 is 0. The number of rotatable bonds is 3. The number of Topliss-reactive ketones (excluding diaryl/α,β-unsaturated/α-hetero) is 1. The molecule has 8 heteroatoms. The van der Waals surface area contributed by atoms with Gasteiger partial charge in [-0.2, -0.15) is 0 Å². The van der Waals surface area contributed by atoms with Crippen LogP contribution < -0.4 is 10.0 Å². The Morgan fingerprint density at radius 3 is 2.33 bits per heavy atom. The van der Waals surface area contributed by atoms with E-state index < -0.39 is 27.3 Å². The molecule has 0 spiro atoms. The lowest BCUT2D eigenvalue weighted by atomic mass is 9.87. The maximum absolute atomic E-state index is 12.6. The van der Waals surface area contributed by atoms with Crippen LogP contribution in [-0.2, 0) is 27.8 Å². The molecule has 0 bridgehead atoms. The lowest BCUT2D eigenvalue weighted by molar-refractivity contribution is -0.112. The maximum atomic E-state index is 12.6. The van der Waals surface area contributed by atoms with E-state index in [1.165, 1.54) is 0 Å². The van der Waals surface area contributed by atoms with Crippen molar-refractivity contribution < 1.29 is 18.0 Å². The normalized spacial score (nSPS) is 16.9. The predicted octanol–water partition coefficient (Wildman–Crippen LogP) is 2.55. The molecule has 4 rings (SSSR count). The Bertz CT molecular complexity index is 1160. The van der Waals surface area contributed by atoms with Crippen molar-refractivity contribution in [1.29, 1.82) is 0 Å². The van der Waals surface area contributed by atoms with Gasteiger partial charge in [-0.25, -0.2) is 13.1 Å². The number of nitrogens with one attached hydrogen (secondary N) is 2. The van der Waals surface area contributed by atoms with Gasteiger partial charge in [0.2, 0.25) is 10.0 Å². The molecule has 7 nitrogen and oxygen atoms in total. The second-order valence-corrected chi connectivity index (χ2v) is 10.6. The topological polar surface area (TPSA) is 95.6 Å². The van der Waals surface area contributed by atoms with Crippen LogP contribution in [0.25, 0.3) is 11.1 Å². The Kier molecular flexibility index (Phi) is 4.84. The summed E-state index contributed by atoms with van der Waals surface area (Å²) in [5, 5.41) is 2.72. The van der Waals surface area contributed by atoms with Crippen LogP contribution in [0.2, 0.25) is 0 Å². The Hall–Kier alpha value is -2.55. The third-order valence-corrected chi connectivity index (χ3v) is 7.10. The summed E-state index contributed by atoms with van der Waals surface area (Å²) in [6, 6.07) is 8.42. The summed E-state index contributed by atoms with van der Waals surface area (Å²) in [7, 11) is -1.63. The van der Waals surface area contributed by atoms with Crippen molar-refractivity contribution in [3.05, 3.63) is 47.0 Å². The largest absolute Gasteiger partial charge is 0.318 e. The first-order valence-corrected chi connectivity index (χ1v) is 11.3. The van der Waals surface area contributed by atoms with E-state index in [-0.39, 0.29) is 4.90 Å². The highest BCUT2D eigenvalue weighted by Crippen LogP contribution is 2.40. The van der Waals surface area contributed by atoms with Crippen molar-refractivity contribution in [1.82, 2.24) is 9.62 Å². The van der Waals surface area contributed by atoms with E-state index in [2.05, 4.69) is 14.9 Å². The first kappa shape index (κ1) is 20.7. The molecule has 1 amide bonds. The molecular formula is C22H25N3O4S. The van der Waals surface area contributed by atoms with Crippen molar-refractivity contribution in [3.63, 3.8) is 0 Å². The molecule has 0 atom stereocenters. The zero-order valence-corrected chi connectivity index (χ0v) is 18.3. The number of hydrogen-bond donors (Lipinski definition) is 2. The molecule has 0 saturated heterocycles. The van der Waals surface area contributed by atoms with Crippen molar-refractivity contribution in [2.75, 3.05) is 18.9 Å². The quantitative estimate of drug-likeness (QED) is 0.734. The third-order valence-electron chi connectivity index (χ3n) is 5.33. The number of sulfonamides is 1. The highest BCUT2D eigenvalue weighted by atomic mass is 32.2. The molecule has 30 heavy (non-hydrogen) atoms. The minimum Gasteiger partial charge on any atom is -0.318 e. The number of fused-ring (bicyclic) bond motifs is 3. The molecule has 0 radical (unpaired) electrons. The van der Waals surface area contributed by atoms with E-state index in [0.717, 1.165) is 35.2 Å². The van der Waals surface area contributed by atoms with Crippen LogP contribution in [0.5, 0.6) is 0 Å². The molecular weight excluding hydrogens is 402 g/mol. The standard InChI is InChI=1S/C22H25N3O4S/c1-22(2,3)24-30(28,29)14-7-5-13(6-8-14)16-11-17-19(23-21(27)20(17)26)18-12-25(4)10-9-15(16)18/h5-8,11,24H,9-10,12H2,1-4H3,(H,23,26,27). The van der Waals surface area contributed by atoms with Gasteiger partial charge in [-0.05, 0) is 74.7 Å². The van der Waals surface area contributed by atoms with Crippen LogP contribution in [-0.4, -0.2) is 44.1 Å². The van der Waals surface area contributed by atoms with Crippen LogP contribution in [0.1, 0.15) is 42.3 Å². The lowest BCUT2D eigenvalue weighted by Gasteiger charge is -2.29. The lowest BCUT2D eigenvalue weighted by Crippen LogP contribution is -2.40. The number of carbonyl (C=O) groups is 2. The Balaban J connectivity index is 1.80. The maximum Gasteiger partial charge on any atom is 0.296 e. The SMILES string of the molecule is CN1CCc2c(-c3ccc(S(=O)(=O)NC(C)(C)C)cc3)cc3c(c2C1)NC(=O)C3=O. The molecule has 0 saturated carbocycles. The van der Waals surface area contributed by atoms with E-state index in [0.29, 0.717) is 17.8 Å². The smallest absolute Gasteiger partial charge is 0.296 e. The minimum absolute atomic E-state index is 0.184. The van der Waals surface area contributed by atoms with E-state index in [9.17, 15) is 18.0 Å². The van der Waals surface area contributed by atoms with Crippen LogP contribution in [0.4, 0.5) is 5.69 Å². The molecule has 158 valence electrons. The molecule has 0 aromatic heterocycles. The molecule has 0 unspecified atom stereocenters. The van der Waals surface area contributed by atoms with E-state index in [4.69, 9.17) is 0 Å². The summed E-state index contributed by atoms with van der Waals surface area (Å²) in [6.07, 6.45) is 0.782. The fraction of sp³-hybridized carbons (Fsp3) is 0.364.